The summed E-state index contributed by atoms with van der Waals surface area (Å²) in [6.07, 6.45) is 2.37. The van der Waals surface area contributed by atoms with Crippen LogP contribution in [0, 0.1) is 23.0 Å². The van der Waals surface area contributed by atoms with Gasteiger partial charge < -0.3 is 15.4 Å². The second-order valence-electron chi connectivity index (χ2n) is 7.63. The van der Waals surface area contributed by atoms with E-state index >= 15 is 0 Å². The zero-order chi connectivity index (χ0) is 22.8. The third-order valence-corrected chi connectivity index (χ3v) is 5.46. The number of hydrogen-bond donors (Lipinski definition) is 1. The van der Waals surface area contributed by atoms with Crippen molar-refractivity contribution in [3.05, 3.63) is 59.8 Å². The highest BCUT2D eigenvalue weighted by Crippen LogP contribution is 2.34. The molecule has 4 rings (SSSR count). The van der Waals surface area contributed by atoms with Gasteiger partial charge in [-0.05, 0) is 36.2 Å². The molecular formula is C23H21F2N5O2. The van der Waals surface area contributed by atoms with Gasteiger partial charge in [-0.2, -0.15) is 10.4 Å². The van der Waals surface area contributed by atoms with Crippen LogP contribution in [0.4, 0.5) is 8.78 Å². The molecule has 9 heteroatoms. The van der Waals surface area contributed by atoms with Crippen molar-refractivity contribution in [3.63, 3.8) is 0 Å². The van der Waals surface area contributed by atoms with Gasteiger partial charge in [0.25, 0.3) is 0 Å². The molecule has 1 aromatic heterocycles. The lowest BCUT2D eigenvalue weighted by Gasteiger charge is -2.15. The van der Waals surface area contributed by atoms with Gasteiger partial charge in [0.2, 0.25) is 5.91 Å². The van der Waals surface area contributed by atoms with Gasteiger partial charge in [-0.25, -0.2) is 8.78 Å². The first-order valence-electron chi connectivity index (χ1n) is 10.0. The van der Waals surface area contributed by atoms with Crippen molar-refractivity contribution < 1.29 is 18.3 Å². The number of carbonyl (C=O) groups excluding carboxylic acids is 1. The summed E-state index contributed by atoms with van der Waals surface area (Å²) in [5.74, 6) is -1.29. The van der Waals surface area contributed by atoms with E-state index in [-0.39, 0.29) is 29.8 Å². The normalized spacial score (nSPS) is 15.6. The first-order chi connectivity index (χ1) is 15.4. The van der Waals surface area contributed by atoms with Crippen molar-refractivity contribution in [2.75, 3.05) is 20.2 Å². The van der Waals surface area contributed by atoms with Crippen molar-refractivity contribution in [2.24, 2.45) is 5.73 Å². The molecule has 1 aliphatic heterocycles. The lowest BCUT2D eigenvalue weighted by molar-refractivity contribution is -0.131. The lowest BCUT2D eigenvalue weighted by Crippen LogP contribution is -2.34. The molecule has 164 valence electrons. The summed E-state index contributed by atoms with van der Waals surface area (Å²) >= 11 is 0. The predicted octanol–water partition coefficient (Wildman–Crippen LogP) is 2.94. The van der Waals surface area contributed by atoms with E-state index in [1.165, 1.54) is 36.1 Å². The second-order valence-corrected chi connectivity index (χ2v) is 7.63. The third kappa shape index (κ3) is 4.18. The summed E-state index contributed by atoms with van der Waals surface area (Å²) in [5, 5.41) is 13.5. The van der Waals surface area contributed by atoms with Crippen molar-refractivity contribution in [3.8, 4) is 34.2 Å². The van der Waals surface area contributed by atoms with Crippen LogP contribution >= 0.6 is 0 Å². The molecule has 2 heterocycles. The van der Waals surface area contributed by atoms with Gasteiger partial charge in [-0.3, -0.25) is 9.48 Å². The number of likely N-dealkylation sites (tertiary alicyclic amines) is 1. The van der Waals surface area contributed by atoms with Crippen LogP contribution in [0.5, 0.6) is 5.75 Å². The number of nitriles is 1. The van der Waals surface area contributed by atoms with Crippen molar-refractivity contribution >= 4 is 5.91 Å². The highest BCUT2D eigenvalue weighted by atomic mass is 19.1. The lowest BCUT2D eigenvalue weighted by atomic mass is 10.0. The van der Waals surface area contributed by atoms with Crippen LogP contribution < -0.4 is 10.5 Å². The van der Waals surface area contributed by atoms with Gasteiger partial charge in [0, 0.05) is 36.5 Å². The largest absolute Gasteiger partial charge is 0.494 e. The molecule has 1 amide bonds. The van der Waals surface area contributed by atoms with E-state index in [0.29, 0.717) is 35.5 Å². The maximum Gasteiger partial charge on any atom is 0.244 e. The number of methoxy groups -OCH3 is 1. The third-order valence-electron chi connectivity index (χ3n) is 5.46. The fourth-order valence-corrected chi connectivity index (χ4v) is 3.77. The van der Waals surface area contributed by atoms with Crippen LogP contribution in [0.15, 0.2) is 42.6 Å². The average Bonchev–Trinajstić information content (AvgIpc) is 3.40. The fraction of sp³-hybridized carbons (Fsp3) is 0.261. The zero-order valence-electron chi connectivity index (χ0n) is 17.4. The van der Waals surface area contributed by atoms with E-state index in [1.807, 2.05) is 0 Å². The molecule has 2 N–H and O–H groups in total. The molecular weight excluding hydrogens is 416 g/mol. The van der Waals surface area contributed by atoms with Crippen LogP contribution in [-0.4, -0.2) is 46.8 Å². The molecule has 1 atom stereocenters. The van der Waals surface area contributed by atoms with Crippen LogP contribution in [0.25, 0.3) is 22.4 Å². The standard InChI is InChI=1S/C23H21F2N5O2/c1-32-21-5-4-14(8-20(21)25)18-12-30(13-22(31)29-7-6-17(27)11-29)28-23(18)15-2-3-16(10-26)19(24)9-15/h2-5,8-9,12,17H,6-7,11,13,27H2,1H3/t17-/m0/s1. The van der Waals surface area contributed by atoms with Crippen LogP contribution in [-0.2, 0) is 11.3 Å². The van der Waals surface area contributed by atoms with Gasteiger partial charge in [0.15, 0.2) is 11.6 Å². The average molecular weight is 437 g/mol. The Morgan fingerprint density at radius 2 is 2.00 bits per heavy atom. The van der Waals surface area contributed by atoms with E-state index in [1.54, 1.807) is 29.3 Å². The van der Waals surface area contributed by atoms with Crippen LogP contribution in [0.1, 0.15) is 12.0 Å². The van der Waals surface area contributed by atoms with Crippen LogP contribution in [0.3, 0.4) is 0 Å². The molecule has 1 aliphatic rings. The smallest absolute Gasteiger partial charge is 0.244 e. The molecule has 0 radical (unpaired) electrons. The van der Waals surface area contributed by atoms with Crippen molar-refractivity contribution in [1.82, 2.24) is 14.7 Å². The van der Waals surface area contributed by atoms with Gasteiger partial charge >= 0.3 is 0 Å². The van der Waals surface area contributed by atoms with Crippen molar-refractivity contribution in [2.45, 2.75) is 19.0 Å². The molecule has 0 spiro atoms. The molecule has 1 saturated heterocycles. The zero-order valence-corrected chi connectivity index (χ0v) is 17.4. The Bertz CT molecular complexity index is 1220. The van der Waals surface area contributed by atoms with E-state index < -0.39 is 11.6 Å². The number of halogens is 2. The fourth-order valence-electron chi connectivity index (χ4n) is 3.77. The Morgan fingerprint density at radius 1 is 1.25 bits per heavy atom. The van der Waals surface area contributed by atoms with Gasteiger partial charge in [-0.15, -0.1) is 0 Å². The molecule has 1 fully saturated rings. The minimum absolute atomic E-state index is 0.0306. The number of carbonyl (C=O) groups is 1. The Morgan fingerprint density at radius 3 is 2.62 bits per heavy atom. The molecule has 7 nitrogen and oxygen atoms in total. The Hall–Kier alpha value is -3.77. The minimum atomic E-state index is -0.687. The molecule has 32 heavy (non-hydrogen) atoms. The highest BCUT2D eigenvalue weighted by molar-refractivity contribution is 5.82. The number of ether oxygens (including phenoxy) is 1. The monoisotopic (exact) mass is 437 g/mol. The summed E-state index contributed by atoms with van der Waals surface area (Å²) in [6, 6.07) is 10.3. The molecule has 0 unspecified atom stereocenters. The number of benzene rings is 2. The van der Waals surface area contributed by atoms with E-state index in [9.17, 15) is 13.6 Å². The summed E-state index contributed by atoms with van der Waals surface area (Å²) in [6.45, 7) is 1.05. The Labute approximate surface area is 183 Å². The first kappa shape index (κ1) is 21.5. The number of amides is 1. The molecule has 2 aromatic carbocycles. The van der Waals surface area contributed by atoms with E-state index in [0.717, 1.165) is 6.42 Å². The number of aromatic nitrogens is 2. The first-order valence-corrected chi connectivity index (χ1v) is 10.0. The maximum atomic E-state index is 14.4. The Kier molecular flexibility index (Phi) is 5.88. The topological polar surface area (TPSA) is 97.2 Å². The second kappa shape index (κ2) is 8.77. The molecule has 0 bridgehead atoms. The van der Waals surface area contributed by atoms with Gasteiger partial charge in [-0.1, -0.05) is 12.1 Å². The summed E-state index contributed by atoms with van der Waals surface area (Å²) < 4.78 is 35.1. The SMILES string of the molecule is COc1ccc(-c2cn(CC(=O)N3CC[C@H](N)C3)nc2-c2ccc(C#N)c(F)c2)cc1F. The van der Waals surface area contributed by atoms with Gasteiger partial charge in [0.05, 0.1) is 12.7 Å². The quantitative estimate of drug-likeness (QED) is 0.662. The Balaban J connectivity index is 1.75. The van der Waals surface area contributed by atoms with Gasteiger partial charge in [0.1, 0.15) is 24.1 Å². The number of rotatable bonds is 5. The summed E-state index contributed by atoms with van der Waals surface area (Å²) in [5.41, 5.74) is 7.58. The molecule has 0 aliphatic carbocycles. The minimum Gasteiger partial charge on any atom is -0.494 e. The van der Waals surface area contributed by atoms with E-state index in [4.69, 9.17) is 15.7 Å². The summed E-state index contributed by atoms with van der Waals surface area (Å²) in [4.78, 5) is 14.3. The molecule has 0 saturated carbocycles. The predicted molar refractivity (Wildman–Crippen MR) is 113 cm³/mol. The van der Waals surface area contributed by atoms with Crippen molar-refractivity contribution in [1.29, 1.82) is 5.26 Å². The van der Waals surface area contributed by atoms with Crippen LogP contribution in [0.2, 0.25) is 0 Å². The molecule has 3 aromatic rings. The maximum absolute atomic E-state index is 14.4. The summed E-state index contributed by atoms with van der Waals surface area (Å²) in [7, 11) is 1.37. The highest BCUT2D eigenvalue weighted by Gasteiger charge is 2.25. The van der Waals surface area contributed by atoms with E-state index in [2.05, 4.69) is 5.10 Å². The number of nitrogens with zero attached hydrogens (tertiary/aromatic N) is 4. The number of nitrogens with two attached hydrogens (primary N) is 1. The number of hydrogen-bond acceptors (Lipinski definition) is 5.